The van der Waals surface area contributed by atoms with Gasteiger partial charge in [0.2, 0.25) is 0 Å². The lowest BCUT2D eigenvalue weighted by Crippen LogP contribution is -2.62. The molecule has 0 radical (unpaired) electrons. The maximum Gasteiger partial charge on any atom is 0.174 e. The fourth-order valence-corrected chi connectivity index (χ4v) is 5.70. The first-order valence-corrected chi connectivity index (χ1v) is 9.48. The second kappa shape index (κ2) is 5.46. The lowest BCUT2D eigenvalue weighted by Gasteiger charge is -2.53. The first kappa shape index (κ1) is 16.4. The predicted molar refractivity (Wildman–Crippen MR) is 96.0 cm³/mol. The smallest absolute Gasteiger partial charge is 0.174 e. The maximum atomic E-state index is 12.8. The van der Waals surface area contributed by atoms with E-state index in [1.165, 1.54) is 11.1 Å². The van der Waals surface area contributed by atoms with Crippen molar-refractivity contribution in [1.29, 1.82) is 0 Å². The van der Waals surface area contributed by atoms with Crippen molar-refractivity contribution in [1.82, 2.24) is 4.90 Å². The average Bonchev–Trinajstić information content (AvgIpc) is 2.91. The van der Waals surface area contributed by atoms with Crippen LogP contribution in [-0.2, 0) is 10.2 Å². The highest BCUT2D eigenvalue weighted by molar-refractivity contribution is 9.10. The van der Waals surface area contributed by atoms with Crippen LogP contribution < -0.4 is 9.47 Å². The Hall–Kier alpha value is -1.07. The summed E-state index contributed by atoms with van der Waals surface area (Å²) in [5.41, 5.74) is 2.18. The van der Waals surface area contributed by atoms with Crippen molar-refractivity contribution in [3.8, 4) is 11.5 Å². The summed E-state index contributed by atoms with van der Waals surface area (Å²) in [4.78, 5) is 15.2. The topological polar surface area (TPSA) is 38.8 Å². The van der Waals surface area contributed by atoms with Gasteiger partial charge in [-0.3, -0.25) is 4.79 Å². The van der Waals surface area contributed by atoms with E-state index in [1.807, 2.05) is 6.07 Å². The number of hydrogen-bond donors (Lipinski definition) is 0. The van der Waals surface area contributed by atoms with E-state index in [0.29, 0.717) is 18.4 Å². The Bertz CT molecular complexity index is 719. The maximum absolute atomic E-state index is 12.8. The van der Waals surface area contributed by atoms with E-state index in [0.717, 1.165) is 35.4 Å². The molecule has 0 amide bonds. The molecule has 1 aromatic rings. The highest BCUT2D eigenvalue weighted by Gasteiger charge is 2.62. The number of carbonyl (C=O) groups is 1. The Morgan fingerprint density at radius 1 is 1.46 bits per heavy atom. The number of ether oxygens (including phenoxy) is 2. The predicted octanol–water partition coefficient (Wildman–Crippen LogP) is 3.47. The van der Waals surface area contributed by atoms with E-state index in [9.17, 15) is 4.79 Å². The van der Waals surface area contributed by atoms with Gasteiger partial charge in [-0.05, 0) is 57.8 Å². The minimum atomic E-state index is -0.357. The molecule has 130 valence electrons. The number of benzene rings is 1. The molecule has 3 aliphatic rings. The second-order valence-corrected chi connectivity index (χ2v) is 8.37. The van der Waals surface area contributed by atoms with Gasteiger partial charge in [-0.15, -0.1) is 0 Å². The van der Waals surface area contributed by atoms with Gasteiger partial charge >= 0.3 is 0 Å². The van der Waals surface area contributed by atoms with Crippen LogP contribution in [0.5, 0.6) is 11.5 Å². The Morgan fingerprint density at radius 2 is 2.21 bits per heavy atom. The molecule has 1 aromatic carbocycles. The van der Waals surface area contributed by atoms with Crippen LogP contribution in [0, 0.1) is 12.8 Å². The van der Waals surface area contributed by atoms with Gasteiger partial charge in [-0.25, -0.2) is 0 Å². The van der Waals surface area contributed by atoms with Gasteiger partial charge in [0.05, 0.1) is 7.11 Å². The number of piperidine rings is 1. The van der Waals surface area contributed by atoms with Crippen molar-refractivity contribution in [3.05, 3.63) is 21.7 Å². The summed E-state index contributed by atoms with van der Waals surface area (Å²) in [5, 5.41) is 0. The molecule has 1 spiro atoms. The van der Waals surface area contributed by atoms with Crippen molar-refractivity contribution in [3.63, 3.8) is 0 Å². The molecule has 5 heteroatoms. The van der Waals surface area contributed by atoms with E-state index in [4.69, 9.17) is 9.47 Å². The standard InChI is InChI=1S/C19H24BrNO3/c1-10-13(20)9-15(23-4)17-16(10)19-7-8-21(3)11(2)12(19)5-6-14(22)18(19)24-17/h9,11-12,18H,5-8H2,1-4H3/t11-,12+,18+,19+/m0/s1. The molecule has 2 heterocycles. The number of likely N-dealkylation sites (tertiary alicyclic amines) is 1. The molecule has 1 saturated heterocycles. The molecule has 24 heavy (non-hydrogen) atoms. The van der Waals surface area contributed by atoms with Crippen LogP contribution >= 0.6 is 15.9 Å². The van der Waals surface area contributed by atoms with Gasteiger partial charge in [-0.2, -0.15) is 0 Å². The Kier molecular flexibility index (Phi) is 3.73. The van der Waals surface area contributed by atoms with Gasteiger partial charge < -0.3 is 14.4 Å². The SMILES string of the molecule is COc1cc(Br)c(C)c2c1O[C@@H]1C(=O)CC[C@@H]3[C@H](C)N(C)CC[C@@]213. The van der Waals surface area contributed by atoms with Crippen molar-refractivity contribution in [2.24, 2.45) is 5.92 Å². The van der Waals surface area contributed by atoms with Gasteiger partial charge in [0.1, 0.15) is 0 Å². The Labute approximate surface area is 151 Å². The van der Waals surface area contributed by atoms with Crippen molar-refractivity contribution in [2.45, 2.75) is 50.7 Å². The molecule has 4 atom stereocenters. The molecule has 0 unspecified atom stereocenters. The highest BCUT2D eigenvalue weighted by Crippen LogP contribution is 2.61. The number of Topliss-reactive ketones (excluding diaryl/α,β-unsaturated/α-hetero) is 1. The van der Waals surface area contributed by atoms with E-state index in [1.54, 1.807) is 7.11 Å². The Morgan fingerprint density at radius 3 is 2.92 bits per heavy atom. The normalized spacial score (nSPS) is 35.0. The molecule has 1 saturated carbocycles. The molecule has 0 bridgehead atoms. The van der Waals surface area contributed by atoms with Crippen LogP contribution in [-0.4, -0.2) is 43.5 Å². The molecular formula is C19H24BrNO3. The van der Waals surface area contributed by atoms with E-state index in [-0.39, 0.29) is 17.3 Å². The fourth-order valence-electron chi connectivity index (χ4n) is 5.29. The number of rotatable bonds is 1. The van der Waals surface area contributed by atoms with Crippen molar-refractivity contribution >= 4 is 21.7 Å². The summed E-state index contributed by atoms with van der Waals surface area (Å²) in [7, 11) is 3.85. The molecular weight excluding hydrogens is 370 g/mol. The highest BCUT2D eigenvalue weighted by atomic mass is 79.9. The van der Waals surface area contributed by atoms with E-state index in [2.05, 4.69) is 41.7 Å². The summed E-state index contributed by atoms with van der Waals surface area (Å²) >= 11 is 3.68. The Balaban J connectivity index is 1.99. The number of halogens is 1. The largest absolute Gasteiger partial charge is 0.493 e. The van der Waals surface area contributed by atoms with Crippen LogP contribution in [0.15, 0.2) is 10.5 Å². The zero-order valence-corrected chi connectivity index (χ0v) is 16.3. The third kappa shape index (κ3) is 1.91. The van der Waals surface area contributed by atoms with Gasteiger partial charge in [-0.1, -0.05) is 15.9 Å². The molecule has 1 aliphatic carbocycles. The number of ketones is 1. The first-order chi connectivity index (χ1) is 11.4. The number of carbonyl (C=O) groups excluding carboxylic acids is 1. The quantitative estimate of drug-likeness (QED) is 0.731. The lowest BCUT2D eigenvalue weighted by molar-refractivity contribution is -0.137. The van der Waals surface area contributed by atoms with E-state index < -0.39 is 0 Å². The summed E-state index contributed by atoms with van der Waals surface area (Å²) in [6, 6.07) is 2.40. The number of methoxy groups -OCH3 is 1. The summed E-state index contributed by atoms with van der Waals surface area (Å²) in [5.74, 6) is 2.19. The van der Waals surface area contributed by atoms with Gasteiger partial charge in [0.15, 0.2) is 23.4 Å². The third-order valence-corrected chi connectivity index (χ3v) is 7.47. The van der Waals surface area contributed by atoms with Crippen LogP contribution in [0.2, 0.25) is 0 Å². The third-order valence-electron chi connectivity index (χ3n) is 6.64. The van der Waals surface area contributed by atoms with Crippen LogP contribution in [0.1, 0.15) is 37.3 Å². The van der Waals surface area contributed by atoms with Crippen LogP contribution in [0.25, 0.3) is 0 Å². The summed E-state index contributed by atoms with van der Waals surface area (Å²) < 4.78 is 12.9. The molecule has 2 aliphatic heterocycles. The molecule has 4 nitrogen and oxygen atoms in total. The van der Waals surface area contributed by atoms with Crippen LogP contribution in [0.3, 0.4) is 0 Å². The van der Waals surface area contributed by atoms with Gasteiger partial charge in [0.25, 0.3) is 0 Å². The van der Waals surface area contributed by atoms with Gasteiger partial charge in [0, 0.05) is 27.9 Å². The number of hydrogen-bond acceptors (Lipinski definition) is 4. The number of nitrogens with zero attached hydrogens (tertiary/aromatic N) is 1. The van der Waals surface area contributed by atoms with Crippen LogP contribution in [0.4, 0.5) is 0 Å². The average molecular weight is 394 g/mol. The zero-order valence-electron chi connectivity index (χ0n) is 14.7. The fraction of sp³-hybridized carbons (Fsp3) is 0.632. The van der Waals surface area contributed by atoms with Crippen molar-refractivity contribution < 1.29 is 14.3 Å². The summed E-state index contributed by atoms with van der Waals surface area (Å²) in [6.45, 7) is 5.40. The summed E-state index contributed by atoms with van der Waals surface area (Å²) in [6.07, 6.45) is 2.16. The monoisotopic (exact) mass is 393 g/mol. The lowest BCUT2D eigenvalue weighted by atomic mass is 9.55. The minimum absolute atomic E-state index is 0.211. The minimum Gasteiger partial charge on any atom is -0.493 e. The second-order valence-electron chi connectivity index (χ2n) is 7.51. The molecule has 0 N–H and O–H groups in total. The molecule has 0 aromatic heterocycles. The first-order valence-electron chi connectivity index (χ1n) is 8.69. The molecule has 2 fully saturated rings. The number of fused-ring (bicyclic) bond motifs is 1. The zero-order chi connectivity index (χ0) is 17.2. The molecule has 4 rings (SSSR count). The van der Waals surface area contributed by atoms with Crippen molar-refractivity contribution in [2.75, 3.05) is 20.7 Å². The van der Waals surface area contributed by atoms with E-state index >= 15 is 0 Å².